The van der Waals surface area contributed by atoms with Crippen molar-refractivity contribution in [2.24, 2.45) is 0 Å². The Hall–Kier alpha value is -2.09. The molecule has 0 unspecified atom stereocenters. The smallest absolute Gasteiger partial charge is 0.152 e. The Morgan fingerprint density at radius 2 is 1.71 bits per heavy atom. The summed E-state index contributed by atoms with van der Waals surface area (Å²) in [4.78, 5) is 13.1. The first-order chi connectivity index (χ1) is 8.31. The van der Waals surface area contributed by atoms with Crippen molar-refractivity contribution in [1.29, 1.82) is 0 Å². The van der Waals surface area contributed by atoms with Crippen molar-refractivity contribution in [3.8, 4) is 0 Å². The van der Waals surface area contributed by atoms with E-state index in [2.05, 4.69) is 13.2 Å². The van der Waals surface area contributed by atoms with Gasteiger partial charge in [-0.2, -0.15) is 0 Å². The number of hydrogen-bond donors (Lipinski definition) is 0. The van der Waals surface area contributed by atoms with E-state index in [1.54, 1.807) is 12.2 Å². The van der Waals surface area contributed by atoms with Crippen LogP contribution in [0.5, 0.6) is 0 Å². The molecular weight excluding hydrogens is 210 g/mol. The first-order valence-corrected chi connectivity index (χ1v) is 5.50. The average molecular weight is 227 g/mol. The minimum atomic E-state index is 0.661. The van der Waals surface area contributed by atoms with Crippen LogP contribution in [0, 0.1) is 0 Å². The van der Waals surface area contributed by atoms with Gasteiger partial charge in [-0.25, -0.2) is 0 Å². The van der Waals surface area contributed by atoms with Gasteiger partial charge in [0.05, 0.1) is 0 Å². The normalized spacial score (nSPS) is 10.7. The van der Waals surface area contributed by atoms with Crippen molar-refractivity contribution >= 4 is 11.9 Å². The number of hydrogen-bond acceptors (Lipinski definition) is 2. The fourth-order valence-electron chi connectivity index (χ4n) is 1.51. The first-order valence-electron chi connectivity index (χ1n) is 5.50. The molecule has 1 aromatic rings. The van der Waals surface area contributed by atoms with Gasteiger partial charge in [0.25, 0.3) is 0 Å². The van der Waals surface area contributed by atoms with Crippen LogP contribution in [0.4, 0.5) is 0 Å². The van der Waals surface area contributed by atoms with E-state index in [1.165, 1.54) is 0 Å². The summed E-state index contributed by atoms with van der Waals surface area (Å²) >= 11 is 0. The molecule has 0 radical (unpaired) electrons. The summed E-state index contributed by atoms with van der Waals surface area (Å²) in [6.45, 7) is 8.77. The Labute approximate surface area is 103 Å². The highest BCUT2D eigenvalue weighted by atomic mass is 16.1. The first kappa shape index (κ1) is 13.0. The molecule has 0 aliphatic rings. The van der Waals surface area contributed by atoms with Gasteiger partial charge in [0, 0.05) is 24.9 Å². The summed E-state index contributed by atoms with van der Waals surface area (Å²) in [6, 6.07) is 9.59. The van der Waals surface area contributed by atoms with E-state index in [0.29, 0.717) is 18.7 Å². The predicted molar refractivity (Wildman–Crippen MR) is 72.5 cm³/mol. The topological polar surface area (TPSA) is 20.3 Å². The average Bonchev–Trinajstić information content (AvgIpc) is 2.37. The van der Waals surface area contributed by atoms with Gasteiger partial charge in [-0.3, -0.25) is 4.79 Å². The second-order valence-corrected chi connectivity index (χ2v) is 3.60. The summed E-state index contributed by atoms with van der Waals surface area (Å²) in [7, 11) is 0. The fourth-order valence-corrected chi connectivity index (χ4v) is 1.51. The molecule has 0 fully saturated rings. The second-order valence-electron chi connectivity index (χ2n) is 3.60. The molecule has 0 aliphatic heterocycles. The Morgan fingerprint density at radius 1 is 1.12 bits per heavy atom. The molecule has 2 nitrogen and oxygen atoms in total. The zero-order valence-electron chi connectivity index (χ0n) is 9.88. The number of allylic oxidation sites excluding steroid dienone is 1. The van der Waals surface area contributed by atoms with Gasteiger partial charge in [-0.1, -0.05) is 42.5 Å². The lowest BCUT2D eigenvalue weighted by atomic mass is 10.1. The maximum Gasteiger partial charge on any atom is 0.152 e. The summed E-state index contributed by atoms with van der Waals surface area (Å²) in [5, 5.41) is 0. The standard InChI is InChI=1S/C15H17NO/c1-3-10-16(11-4-2)12-15(13-17)14-8-6-5-7-9-14/h3-9,12-13H,1-2,10-11H2/b15-12-. The fraction of sp³-hybridized carbons (Fsp3) is 0.133. The van der Waals surface area contributed by atoms with E-state index in [0.717, 1.165) is 11.8 Å². The minimum absolute atomic E-state index is 0.661. The van der Waals surface area contributed by atoms with Crippen molar-refractivity contribution in [1.82, 2.24) is 4.90 Å². The predicted octanol–water partition coefficient (Wildman–Crippen LogP) is 2.90. The zero-order valence-corrected chi connectivity index (χ0v) is 9.88. The van der Waals surface area contributed by atoms with Gasteiger partial charge < -0.3 is 4.90 Å². The Kier molecular flexibility index (Phi) is 5.52. The van der Waals surface area contributed by atoms with Crippen molar-refractivity contribution in [3.05, 3.63) is 67.4 Å². The molecule has 1 rings (SSSR count). The lowest BCUT2D eigenvalue weighted by Crippen LogP contribution is -2.17. The lowest BCUT2D eigenvalue weighted by Gasteiger charge is -2.17. The van der Waals surface area contributed by atoms with Gasteiger partial charge in [0.1, 0.15) is 0 Å². The van der Waals surface area contributed by atoms with Crippen LogP contribution in [0.1, 0.15) is 5.56 Å². The van der Waals surface area contributed by atoms with Crippen molar-refractivity contribution in [3.63, 3.8) is 0 Å². The van der Waals surface area contributed by atoms with E-state index in [1.807, 2.05) is 41.4 Å². The van der Waals surface area contributed by atoms with Gasteiger partial charge in [-0.15, -0.1) is 13.2 Å². The van der Waals surface area contributed by atoms with Crippen molar-refractivity contribution in [2.45, 2.75) is 0 Å². The van der Waals surface area contributed by atoms with Crippen molar-refractivity contribution < 1.29 is 4.79 Å². The van der Waals surface area contributed by atoms with Crippen LogP contribution in [0.2, 0.25) is 0 Å². The number of aldehydes is 1. The maximum atomic E-state index is 11.1. The Morgan fingerprint density at radius 3 is 2.18 bits per heavy atom. The summed E-state index contributed by atoms with van der Waals surface area (Å²) in [5.74, 6) is 0. The molecule has 0 bridgehead atoms. The van der Waals surface area contributed by atoms with Crippen LogP contribution in [-0.2, 0) is 4.79 Å². The second kappa shape index (κ2) is 7.23. The van der Waals surface area contributed by atoms with E-state index in [9.17, 15) is 4.79 Å². The molecule has 0 saturated carbocycles. The zero-order chi connectivity index (χ0) is 12.5. The minimum Gasteiger partial charge on any atom is -0.369 e. The van der Waals surface area contributed by atoms with Gasteiger partial charge in [-0.05, 0) is 5.56 Å². The largest absolute Gasteiger partial charge is 0.369 e. The lowest BCUT2D eigenvalue weighted by molar-refractivity contribution is -0.103. The molecule has 0 spiro atoms. The molecule has 0 heterocycles. The number of nitrogens with zero attached hydrogens (tertiary/aromatic N) is 1. The molecule has 0 N–H and O–H groups in total. The van der Waals surface area contributed by atoms with Crippen LogP contribution >= 0.6 is 0 Å². The summed E-state index contributed by atoms with van der Waals surface area (Å²) in [6.07, 6.45) is 6.31. The Bertz CT molecular complexity index is 396. The monoisotopic (exact) mass is 227 g/mol. The van der Waals surface area contributed by atoms with E-state index < -0.39 is 0 Å². The van der Waals surface area contributed by atoms with Crippen LogP contribution in [0.25, 0.3) is 5.57 Å². The molecule has 1 aromatic carbocycles. The molecule has 0 amide bonds. The molecular formula is C15H17NO. The highest BCUT2D eigenvalue weighted by Crippen LogP contribution is 2.12. The SMILES string of the molecule is C=CCN(/C=C(/C=O)c1ccccc1)CC=C. The molecule has 88 valence electrons. The summed E-state index contributed by atoms with van der Waals surface area (Å²) < 4.78 is 0. The maximum absolute atomic E-state index is 11.1. The molecule has 17 heavy (non-hydrogen) atoms. The van der Waals surface area contributed by atoms with Crippen molar-refractivity contribution in [2.75, 3.05) is 13.1 Å². The molecule has 0 saturated heterocycles. The van der Waals surface area contributed by atoms with Crippen LogP contribution < -0.4 is 0 Å². The van der Waals surface area contributed by atoms with E-state index in [-0.39, 0.29) is 0 Å². The number of benzene rings is 1. The molecule has 2 heteroatoms. The third kappa shape index (κ3) is 4.11. The Balaban J connectivity index is 2.94. The molecule has 0 aromatic heterocycles. The number of rotatable bonds is 7. The summed E-state index contributed by atoms with van der Waals surface area (Å²) in [5.41, 5.74) is 1.58. The van der Waals surface area contributed by atoms with Gasteiger partial charge in [0.15, 0.2) is 6.29 Å². The van der Waals surface area contributed by atoms with Gasteiger partial charge in [0.2, 0.25) is 0 Å². The highest BCUT2D eigenvalue weighted by molar-refractivity contribution is 6.06. The third-order valence-corrected chi connectivity index (χ3v) is 2.28. The number of carbonyl (C=O) groups is 1. The highest BCUT2D eigenvalue weighted by Gasteiger charge is 2.02. The van der Waals surface area contributed by atoms with Crippen LogP contribution in [0.15, 0.2) is 61.8 Å². The molecule has 0 aliphatic carbocycles. The van der Waals surface area contributed by atoms with Crippen LogP contribution in [-0.4, -0.2) is 24.3 Å². The third-order valence-electron chi connectivity index (χ3n) is 2.28. The quantitative estimate of drug-likeness (QED) is 0.405. The van der Waals surface area contributed by atoms with Crippen LogP contribution in [0.3, 0.4) is 0 Å². The molecule has 0 atom stereocenters. The van der Waals surface area contributed by atoms with E-state index in [4.69, 9.17) is 0 Å². The van der Waals surface area contributed by atoms with E-state index >= 15 is 0 Å². The number of carbonyl (C=O) groups excluding carboxylic acids is 1. The van der Waals surface area contributed by atoms with Gasteiger partial charge >= 0.3 is 0 Å².